The van der Waals surface area contributed by atoms with Gasteiger partial charge in [-0.3, -0.25) is 0 Å². The summed E-state index contributed by atoms with van der Waals surface area (Å²) in [5, 5.41) is 10.5. The van der Waals surface area contributed by atoms with Crippen molar-refractivity contribution >= 4 is 6.03 Å². The monoisotopic (exact) mass is 406 g/mol. The molecule has 0 spiro atoms. The van der Waals surface area contributed by atoms with Crippen LogP contribution in [0.4, 0.5) is 4.79 Å². The fourth-order valence-electron chi connectivity index (χ4n) is 3.31. The number of nitrogens with one attached hydrogen (secondary N) is 2. The van der Waals surface area contributed by atoms with Crippen LogP contribution in [0.1, 0.15) is 36.4 Å². The van der Waals surface area contributed by atoms with Crippen LogP contribution in [-0.2, 0) is 13.0 Å². The first-order valence-corrected chi connectivity index (χ1v) is 10.3. The number of hydrogen-bond donors (Lipinski definition) is 2. The Morgan fingerprint density at radius 3 is 2.40 bits per heavy atom. The van der Waals surface area contributed by atoms with Gasteiger partial charge in [-0.25, -0.2) is 9.48 Å². The van der Waals surface area contributed by atoms with Gasteiger partial charge in [0.1, 0.15) is 5.75 Å². The van der Waals surface area contributed by atoms with Gasteiger partial charge < -0.3 is 15.4 Å². The Balaban J connectivity index is 1.48. The Labute approximate surface area is 178 Å². The Kier molecular flexibility index (Phi) is 7.12. The number of urea groups is 1. The van der Waals surface area contributed by atoms with Gasteiger partial charge in [-0.2, -0.15) is 5.10 Å². The van der Waals surface area contributed by atoms with Crippen molar-refractivity contribution in [3.05, 3.63) is 77.1 Å². The molecule has 6 nitrogen and oxygen atoms in total. The number of aryl methyl sites for hydroxylation is 1. The van der Waals surface area contributed by atoms with Crippen LogP contribution in [0, 0.1) is 13.8 Å². The number of ether oxygens (including phenoxy) is 1. The Bertz CT molecular complexity index is 963. The summed E-state index contributed by atoms with van der Waals surface area (Å²) in [5.74, 6) is 0.862. The number of nitrogens with zero attached hydrogens (tertiary/aromatic N) is 2. The lowest BCUT2D eigenvalue weighted by Crippen LogP contribution is -2.36. The van der Waals surface area contributed by atoms with Crippen molar-refractivity contribution in [2.75, 3.05) is 6.54 Å². The summed E-state index contributed by atoms with van der Waals surface area (Å²) in [7, 11) is 0. The van der Waals surface area contributed by atoms with E-state index in [-0.39, 0.29) is 12.1 Å². The van der Waals surface area contributed by atoms with Crippen LogP contribution < -0.4 is 15.4 Å². The second kappa shape index (κ2) is 9.96. The maximum absolute atomic E-state index is 12.2. The second-order valence-corrected chi connectivity index (χ2v) is 7.57. The van der Waals surface area contributed by atoms with Crippen LogP contribution in [-0.4, -0.2) is 28.5 Å². The van der Waals surface area contributed by atoms with Crippen LogP contribution in [0.25, 0.3) is 5.69 Å². The zero-order chi connectivity index (χ0) is 21.5. The van der Waals surface area contributed by atoms with E-state index in [9.17, 15) is 4.79 Å². The summed E-state index contributed by atoms with van der Waals surface area (Å²) in [5.41, 5.74) is 5.15. The number of carbonyl (C=O) groups is 1. The minimum Gasteiger partial charge on any atom is -0.491 e. The maximum Gasteiger partial charge on any atom is 0.315 e. The van der Waals surface area contributed by atoms with Crippen LogP contribution in [0.3, 0.4) is 0 Å². The van der Waals surface area contributed by atoms with Crippen molar-refractivity contribution in [2.45, 2.75) is 46.8 Å². The van der Waals surface area contributed by atoms with Crippen molar-refractivity contribution in [2.24, 2.45) is 0 Å². The number of benzene rings is 2. The molecule has 0 unspecified atom stereocenters. The second-order valence-electron chi connectivity index (χ2n) is 7.57. The van der Waals surface area contributed by atoms with Gasteiger partial charge in [0.25, 0.3) is 0 Å². The lowest BCUT2D eigenvalue weighted by Gasteiger charge is -2.11. The van der Waals surface area contributed by atoms with Crippen molar-refractivity contribution in [3.63, 3.8) is 0 Å². The first kappa shape index (κ1) is 21.4. The lowest BCUT2D eigenvalue weighted by atomic mass is 10.1. The molecule has 0 atom stereocenters. The van der Waals surface area contributed by atoms with Gasteiger partial charge in [0.15, 0.2) is 0 Å². The number of amides is 2. The summed E-state index contributed by atoms with van der Waals surface area (Å²) in [4.78, 5) is 12.2. The van der Waals surface area contributed by atoms with Crippen molar-refractivity contribution < 1.29 is 9.53 Å². The zero-order valence-corrected chi connectivity index (χ0v) is 18.1. The molecule has 0 saturated heterocycles. The van der Waals surface area contributed by atoms with Gasteiger partial charge >= 0.3 is 6.03 Å². The molecule has 2 amide bonds. The van der Waals surface area contributed by atoms with Gasteiger partial charge in [-0.1, -0.05) is 30.3 Å². The molecule has 1 heterocycles. The predicted octanol–water partition coefficient (Wildman–Crippen LogP) is 4.32. The van der Waals surface area contributed by atoms with Gasteiger partial charge in [-0.15, -0.1) is 0 Å². The highest BCUT2D eigenvalue weighted by Gasteiger charge is 2.13. The molecule has 0 saturated carbocycles. The van der Waals surface area contributed by atoms with E-state index in [2.05, 4.69) is 15.7 Å². The molecule has 2 aromatic carbocycles. The molecule has 0 fully saturated rings. The number of rotatable bonds is 8. The minimum absolute atomic E-state index is 0.160. The highest BCUT2D eigenvalue weighted by molar-refractivity contribution is 5.73. The molecule has 6 heteroatoms. The third-order valence-corrected chi connectivity index (χ3v) is 4.86. The smallest absolute Gasteiger partial charge is 0.315 e. The summed E-state index contributed by atoms with van der Waals surface area (Å²) in [6.07, 6.45) is 0.924. The Morgan fingerprint density at radius 2 is 1.73 bits per heavy atom. The van der Waals surface area contributed by atoms with Gasteiger partial charge in [-0.05, 0) is 63.9 Å². The van der Waals surface area contributed by atoms with Crippen molar-refractivity contribution in [3.8, 4) is 11.4 Å². The van der Waals surface area contributed by atoms with Crippen molar-refractivity contribution in [1.29, 1.82) is 0 Å². The predicted molar refractivity (Wildman–Crippen MR) is 119 cm³/mol. The van der Waals surface area contributed by atoms with E-state index >= 15 is 0 Å². The molecule has 30 heavy (non-hydrogen) atoms. The molecule has 3 rings (SSSR count). The van der Waals surface area contributed by atoms with Crippen LogP contribution in [0.2, 0.25) is 0 Å². The normalized spacial score (nSPS) is 10.8. The maximum atomic E-state index is 12.2. The van der Waals surface area contributed by atoms with E-state index in [1.165, 1.54) is 0 Å². The molecular weight excluding hydrogens is 376 g/mol. The van der Waals surface area contributed by atoms with Crippen LogP contribution in [0.15, 0.2) is 54.6 Å². The standard InChI is InChI=1S/C24H30N4O2/c1-17(2)30-22-12-10-20(11-13-22)14-15-25-24(29)26-16-23-18(3)27-28(19(23)4)21-8-6-5-7-9-21/h5-13,17H,14-16H2,1-4H3,(H2,25,26,29). The molecule has 0 bridgehead atoms. The third kappa shape index (κ3) is 5.63. The van der Waals surface area contributed by atoms with Gasteiger partial charge in [0, 0.05) is 24.3 Å². The van der Waals surface area contributed by atoms with E-state index in [0.29, 0.717) is 13.1 Å². The lowest BCUT2D eigenvalue weighted by molar-refractivity contribution is 0.240. The number of aromatic nitrogens is 2. The number of carbonyl (C=O) groups excluding carboxylic acids is 1. The van der Waals surface area contributed by atoms with Gasteiger partial charge in [0.05, 0.1) is 17.5 Å². The molecule has 0 aliphatic rings. The van der Waals surface area contributed by atoms with E-state index in [1.54, 1.807) is 0 Å². The summed E-state index contributed by atoms with van der Waals surface area (Å²) >= 11 is 0. The minimum atomic E-state index is -0.180. The summed E-state index contributed by atoms with van der Waals surface area (Å²) < 4.78 is 7.56. The highest BCUT2D eigenvalue weighted by Crippen LogP contribution is 2.17. The van der Waals surface area contributed by atoms with Crippen molar-refractivity contribution in [1.82, 2.24) is 20.4 Å². The Morgan fingerprint density at radius 1 is 1.03 bits per heavy atom. The third-order valence-electron chi connectivity index (χ3n) is 4.86. The number of hydrogen-bond acceptors (Lipinski definition) is 3. The molecule has 0 radical (unpaired) electrons. The average Bonchev–Trinajstić information content (AvgIpc) is 3.01. The molecule has 158 valence electrons. The summed E-state index contributed by atoms with van der Waals surface area (Å²) in [6, 6.07) is 17.8. The van der Waals surface area contributed by atoms with E-state index < -0.39 is 0 Å². The highest BCUT2D eigenvalue weighted by atomic mass is 16.5. The Hall–Kier alpha value is -3.28. The van der Waals surface area contributed by atoms with E-state index in [4.69, 9.17) is 4.74 Å². The van der Waals surface area contributed by atoms with E-state index in [0.717, 1.165) is 40.4 Å². The fraction of sp³-hybridized carbons (Fsp3) is 0.333. The largest absolute Gasteiger partial charge is 0.491 e. The zero-order valence-electron chi connectivity index (χ0n) is 18.1. The molecular formula is C24H30N4O2. The van der Waals surface area contributed by atoms with Gasteiger partial charge in [0.2, 0.25) is 0 Å². The summed E-state index contributed by atoms with van der Waals surface area (Å²) in [6.45, 7) is 9.01. The first-order valence-electron chi connectivity index (χ1n) is 10.3. The molecule has 3 aromatic rings. The molecule has 1 aromatic heterocycles. The van der Waals surface area contributed by atoms with E-state index in [1.807, 2.05) is 87.0 Å². The molecule has 2 N–H and O–H groups in total. The quantitative estimate of drug-likeness (QED) is 0.585. The van der Waals surface area contributed by atoms with Crippen LogP contribution in [0.5, 0.6) is 5.75 Å². The van der Waals surface area contributed by atoms with Crippen LogP contribution >= 0.6 is 0 Å². The first-order chi connectivity index (χ1) is 14.4. The topological polar surface area (TPSA) is 68.2 Å². The SMILES string of the molecule is Cc1nn(-c2ccccc2)c(C)c1CNC(=O)NCCc1ccc(OC(C)C)cc1. The average molecular weight is 407 g/mol. The fourth-order valence-corrected chi connectivity index (χ4v) is 3.31. The molecule has 0 aliphatic carbocycles. The number of para-hydroxylation sites is 1. The molecule has 0 aliphatic heterocycles.